The third kappa shape index (κ3) is 3.26. The fourth-order valence-corrected chi connectivity index (χ4v) is 2.20. The number of amides is 1. The monoisotopic (exact) mass is 309 g/mol. The highest BCUT2D eigenvalue weighted by Gasteiger charge is 2.17. The predicted octanol–water partition coefficient (Wildman–Crippen LogP) is 2.65. The summed E-state index contributed by atoms with van der Waals surface area (Å²) in [4.78, 5) is 36.5. The highest BCUT2D eigenvalue weighted by Crippen LogP contribution is 2.20. The second-order valence-corrected chi connectivity index (χ2v) is 4.83. The molecule has 0 bridgehead atoms. The maximum absolute atomic E-state index is 13.7. The molecular weight excluding hydrogens is 301 g/mol. The molecule has 2 aromatic rings. The van der Waals surface area contributed by atoms with Crippen molar-refractivity contribution in [1.82, 2.24) is 4.98 Å². The van der Waals surface area contributed by atoms with Crippen molar-refractivity contribution in [2.24, 2.45) is 0 Å². The summed E-state index contributed by atoms with van der Waals surface area (Å²) in [6, 6.07) is 2.71. The number of anilines is 1. The first kappa shape index (κ1) is 14.7. The molecule has 1 N–H and O–H groups in total. The lowest BCUT2D eigenvalue weighted by Gasteiger charge is -2.02. The highest BCUT2D eigenvalue weighted by molar-refractivity contribution is 7.14. The summed E-state index contributed by atoms with van der Waals surface area (Å²) in [7, 11) is 0. The molecule has 0 atom stereocenters. The van der Waals surface area contributed by atoms with Gasteiger partial charge in [-0.2, -0.15) is 0 Å². The molecule has 0 aliphatic heterocycles. The van der Waals surface area contributed by atoms with Gasteiger partial charge in [0.25, 0.3) is 11.6 Å². The smallest absolute Gasteiger partial charge is 0.272 e. The molecule has 7 nitrogen and oxygen atoms in total. The van der Waals surface area contributed by atoms with Crippen LogP contribution in [0.5, 0.6) is 0 Å². The van der Waals surface area contributed by atoms with Gasteiger partial charge in [-0.15, -0.1) is 11.3 Å². The van der Waals surface area contributed by atoms with Gasteiger partial charge in [0, 0.05) is 18.4 Å². The van der Waals surface area contributed by atoms with Crippen molar-refractivity contribution >= 4 is 33.8 Å². The van der Waals surface area contributed by atoms with Gasteiger partial charge >= 0.3 is 0 Å². The summed E-state index contributed by atoms with van der Waals surface area (Å²) in [5, 5.41) is 14.4. The van der Waals surface area contributed by atoms with E-state index >= 15 is 0 Å². The Labute approximate surface area is 121 Å². The van der Waals surface area contributed by atoms with E-state index in [4.69, 9.17) is 0 Å². The van der Waals surface area contributed by atoms with Crippen LogP contribution in [0.2, 0.25) is 0 Å². The minimum atomic E-state index is -1.01. The number of thiazole rings is 1. The first-order valence-electron chi connectivity index (χ1n) is 5.60. The van der Waals surface area contributed by atoms with Gasteiger partial charge in [-0.25, -0.2) is 9.37 Å². The number of ketones is 1. The fraction of sp³-hybridized carbons (Fsp3) is 0.0833. The molecule has 0 spiro atoms. The number of nitro benzene ring substituents is 1. The summed E-state index contributed by atoms with van der Waals surface area (Å²) in [5.74, 6) is -2.06. The number of non-ortho nitro benzene ring substituents is 1. The lowest BCUT2D eigenvalue weighted by Crippen LogP contribution is -2.14. The lowest BCUT2D eigenvalue weighted by atomic mass is 10.2. The van der Waals surface area contributed by atoms with Gasteiger partial charge in [0.05, 0.1) is 16.6 Å². The third-order valence-corrected chi connectivity index (χ3v) is 3.25. The second-order valence-electron chi connectivity index (χ2n) is 3.97. The lowest BCUT2D eigenvalue weighted by molar-refractivity contribution is -0.385. The molecule has 1 aromatic carbocycles. The normalized spacial score (nSPS) is 10.2. The Hall–Kier alpha value is -2.68. The van der Waals surface area contributed by atoms with E-state index in [-0.39, 0.29) is 22.2 Å². The number of halogens is 1. The summed E-state index contributed by atoms with van der Waals surface area (Å²) in [6.07, 6.45) is 0. The van der Waals surface area contributed by atoms with Crippen LogP contribution >= 0.6 is 11.3 Å². The molecule has 0 fully saturated rings. The minimum absolute atomic E-state index is 0.142. The number of hydrogen-bond acceptors (Lipinski definition) is 6. The second kappa shape index (κ2) is 5.75. The molecule has 1 aromatic heterocycles. The first-order chi connectivity index (χ1) is 9.88. The molecule has 9 heteroatoms. The Bertz CT molecular complexity index is 744. The fourth-order valence-electron chi connectivity index (χ4n) is 1.46. The van der Waals surface area contributed by atoms with Crippen molar-refractivity contribution in [2.75, 3.05) is 5.32 Å². The van der Waals surface area contributed by atoms with Crippen LogP contribution in [0.4, 0.5) is 15.2 Å². The van der Waals surface area contributed by atoms with Gasteiger partial charge in [0.15, 0.2) is 10.9 Å². The topological polar surface area (TPSA) is 102 Å². The molecule has 1 amide bonds. The van der Waals surface area contributed by atoms with Crippen LogP contribution in [0.3, 0.4) is 0 Å². The standard InChI is InChI=1S/C12H8FN3O4S/c1-6(17)10-5-21-12(14-10)15-11(18)8-3-2-7(16(19)20)4-9(8)13/h2-5H,1H3,(H,14,15,18). The van der Waals surface area contributed by atoms with Crippen molar-refractivity contribution < 1.29 is 18.9 Å². The zero-order valence-electron chi connectivity index (χ0n) is 10.6. The van der Waals surface area contributed by atoms with Crippen molar-refractivity contribution in [3.05, 3.63) is 50.8 Å². The number of carbonyl (C=O) groups excluding carboxylic acids is 2. The number of nitrogens with zero attached hydrogens (tertiary/aromatic N) is 2. The van der Waals surface area contributed by atoms with Crippen LogP contribution in [-0.4, -0.2) is 21.6 Å². The van der Waals surface area contributed by atoms with Crippen LogP contribution in [0.1, 0.15) is 27.8 Å². The summed E-state index contributed by atoms with van der Waals surface area (Å²) in [6.45, 7) is 1.33. The van der Waals surface area contributed by atoms with Gasteiger partial charge in [-0.05, 0) is 6.07 Å². The third-order valence-electron chi connectivity index (χ3n) is 2.49. The maximum Gasteiger partial charge on any atom is 0.272 e. The van der Waals surface area contributed by atoms with Crippen molar-refractivity contribution in [1.29, 1.82) is 0 Å². The largest absolute Gasteiger partial charge is 0.298 e. The van der Waals surface area contributed by atoms with Crippen LogP contribution in [0, 0.1) is 15.9 Å². The van der Waals surface area contributed by atoms with Gasteiger partial charge in [-0.1, -0.05) is 0 Å². The predicted molar refractivity (Wildman–Crippen MR) is 73.1 cm³/mol. The average molecular weight is 309 g/mol. The van der Waals surface area contributed by atoms with E-state index in [1.807, 2.05) is 0 Å². The van der Waals surface area contributed by atoms with Crippen LogP contribution in [0.25, 0.3) is 0 Å². The highest BCUT2D eigenvalue weighted by atomic mass is 32.1. The number of benzene rings is 1. The molecule has 0 radical (unpaired) electrons. The Morgan fingerprint density at radius 2 is 2.14 bits per heavy atom. The van der Waals surface area contributed by atoms with Gasteiger partial charge in [0.1, 0.15) is 11.5 Å². The quantitative estimate of drug-likeness (QED) is 0.531. The van der Waals surface area contributed by atoms with E-state index in [0.29, 0.717) is 6.07 Å². The zero-order valence-corrected chi connectivity index (χ0v) is 11.4. The molecule has 0 saturated heterocycles. The Morgan fingerprint density at radius 1 is 1.43 bits per heavy atom. The molecular formula is C12H8FN3O4S. The number of aromatic nitrogens is 1. The summed E-state index contributed by atoms with van der Waals surface area (Å²) in [5.41, 5.74) is -0.600. The van der Waals surface area contributed by atoms with Gasteiger partial charge < -0.3 is 0 Å². The molecule has 21 heavy (non-hydrogen) atoms. The first-order valence-corrected chi connectivity index (χ1v) is 6.48. The summed E-state index contributed by atoms with van der Waals surface area (Å²) < 4.78 is 13.7. The zero-order chi connectivity index (χ0) is 15.6. The molecule has 1 heterocycles. The number of nitro groups is 1. The molecule has 108 valence electrons. The van der Waals surface area contributed by atoms with E-state index in [9.17, 15) is 24.1 Å². The minimum Gasteiger partial charge on any atom is -0.298 e. The molecule has 0 aliphatic carbocycles. The van der Waals surface area contributed by atoms with Gasteiger partial charge in [0.2, 0.25) is 0 Å². The molecule has 0 unspecified atom stereocenters. The summed E-state index contributed by atoms with van der Waals surface area (Å²) >= 11 is 1.02. The van der Waals surface area contributed by atoms with E-state index in [0.717, 1.165) is 23.5 Å². The number of nitrogens with one attached hydrogen (secondary N) is 1. The van der Waals surface area contributed by atoms with Crippen LogP contribution in [0.15, 0.2) is 23.6 Å². The Balaban J connectivity index is 2.20. The van der Waals surface area contributed by atoms with Crippen LogP contribution < -0.4 is 5.32 Å². The Morgan fingerprint density at radius 3 is 2.67 bits per heavy atom. The van der Waals surface area contributed by atoms with E-state index in [1.165, 1.54) is 12.3 Å². The van der Waals surface area contributed by atoms with E-state index in [2.05, 4.69) is 10.3 Å². The maximum atomic E-state index is 13.7. The number of hydrogen-bond donors (Lipinski definition) is 1. The number of rotatable bonds is 4. The number of carbonyl (C=O) groups is 2. The molecule has 0 aliphatic rings. The Kier molecular flexibility index (Phi) is 4.03. The molecule has 0 saturated carbocycles. The number of Topliss-reactive ketones (excluding diaryl/α,β-unsaturated/α-hetero) is 1. The van der Waals surface area contributed by atoms with E-state index in [1.54, 1.807) is 0 Å². The van der Waals surface area contributed by atoms with Crippen molar-refractivity contribution in [3.63, 3.8) is 0 Å². The van der Waals surface area contributed by atoms with E-state index < -0.39 is 22.3 Å². The van der Waals surface area contributed by atoms with Gasteiger partial charge in [-0.3, -0.25) is 25.0 Å². The van der Waals surface area contributed by atoms with Crippen molar-refractivity contribution in [3.8, 4) is 0 Å². The SMILES string of the molecule is CC(=O)c1csc(NC(=O)c2ccc([N+](=O)[O-])cc2F)n1. The average Bonchev–Trinajstić information content (AvgIpc) is 2.87. The molecule has 2 rings (SSSR count). The van der Waals surface area contributed by atoms with Crippen LogP contribution in [-0.2, 0) is 0 Å². The van der Waals surface area contributed by atoms with Crippen molar-refractivity contribution in [2.45, 2.75) is 6.92 Å².